The van der Waals surface area contributed by atoms with Crippen LogP contribution in [0.3, 0.4) is 0 Å². The average Bonchev–Trinajstić information content (AvgIpc) is 2.45. The van der Waals surface area contributed by atoms with Crippen LogP contribution in [0, 0.1) is 0 Å². The molecule has 1 fully saturated rings. The summed E-state index contributed by atoms with van der Waals surface area (Å²) in [5.74, 6) is 0. The Kier molecular flexibility index (Phi) is 5.93. The maximum absolute atomic E-state index is 12.6. The first kappa shape index (κ1) is 15.3. The minimum atomic E-state index is -0.163. The Bertz CT molecular complexity index is 250. The lowest BCUT2D eigenvalue weighted by Gasteiger charge is -2.44. The van der Waals surface area contributed by atoms with Crippen LogP contribution in [-0.4, -0.2) is 47.5 Å². The highest BCUT2D eigenvalue weighted by Crippen LogP contribution is 2.25. The van der Waals surface area contributed by atoms with E-state index in [4.69, 9.17) is 5.73 Å². The third-order valence-electron chi connectivity index (χ3n) is 4.44. The van der Waals surface area contributed by atoms with Crippen molar-refractivity contribution in [2.75, 3.05) is 26.2 Å². The van der Waals surface area contributed by atoms with E-state index in [2.05, 4.69) is 20.8 Å². The van der Waals surface area contributed by atoms with E-state index in [9.17, 15) is 4.79 Å². The molecule has 2 N–H and O–H groups in total. The highest BCUT2D eigenvalue weighted by atomic mass is 16.2. The topological polar surface area (TPSA) is 49.6 Å². The molecule has 1 rings (SSSR count). The number of nitrogens with zero attached hydrogens (tertiary/aromatic N) is 2. The smallest absolute Gasteiger partial charge is 0.320 e. The van der Waals surface area contributed by atoms with Gasteiger partial charge in [0.05, 0.1) is 5.54 Å². The van der Waals surface area contributed by atoms with Gasteiger partial charge in [-0.3, -0.25) is 0 Å². The van der Waals surface area contributed by atoms with Crippen LogP contribution in [0.15, 0.2) is 0 Å². The molecule has 4 nitrogen and oxygen atoms in total. The molecule has 1 aliphatic rings. The van der Waals surface area contributed by atoms with Gasteiger partial charge in [-0.1, -0.05) is 13.8 Å². The predicted octanol–water partition coefficient (Wildman–Crippen LogP) is 2.43. The van der Waals surface area contributed by atoms with Gasteiger partial charge in [-0.25, -0.2) is 4.79 Å². The predicted molar refractivity (Wildman–Crippen MR) is 75.6 cm³/mol. The van der Waals surface area contributed by atoms with Gasteiger partial charge in [0.25, 0.3) is 0 Å². The fourth-order valence-electron chi connectivity index (χ4n) is 2.96. The van der Waals surface area contributed by atoms with Crippen LogP contribution in [0.4, 0.5) is 4.79 Å². The molecule has 0 aromatic heterocycles. The van der Waals surface area contributed by atoms with Crippen molar-refractivity contribution >= 4 is 6.03 Å². The minimum absolute atomic E-state index is 0.163. The van der Waals surface area contributed by atoms with Crippen molar-refractivity contribution in [3.05, 3.63) is 0 Å². The lowest BCUT2D eigenvalue weighted by Crippen LogP contribution is -2.59. The third-order valence-corrected chi connectivity index (χ3v) is 4.44. The van der Waals surface area contributed by atoms with Gasteiger partial charge in [-0.2, -0.15) is 0 Å². The summed E-state index contributed by atoms with van der Waals surface area (Å²) < 4.78 is 0. The first-order chi connectivity index (χ1) is 8.65. The minimum Gasteiger partial charge on any atom is -0.328 e. The second kappa shape index (κ2) is 6.98. The lowest BCUT2D eigenvalue weighted by molar-refractivity contribution is 0.0801. The standard InChI is InChI=1S/C14H29N3O/c1-4-14(5-2,12-15)17(6-3)13(18)16-10-8-7-9-11-16/h4-12,15H2,1-3H3. The Labute approximate surface area is 111 Å². The average molecular weight is 255 g/mol. The molecular weight excluding hydrogens is 226 g/mol. The van der Waals surface area contributed by atoms with E-state index in [1.807, 2.05) is 9.80 Å². The number of likely N-dealkylation sites (N-methyl/N-ethyl adjacent to an activating group) is 1. The SMILES string of the molecule is CCN(C(=O)N1CCCCC1)C(CC)(CC)CN. The molecule has 4 heteroatoms. The number of urea groups is 1. The molecule has 0 radical (unpaired) electrons. The number of amides is 2. The van der Waals surface area contributed by atoms with E-state index >= 15 is 0 Å². The molecule has 106 valence electrons. The number of carbonyl (C=O) groups is 1. The summed E-state index contributed by atoms with van der Waals surface area (Å²) >= 11 is 0. The number of rotatable bonds is 5. The van der Waals surface area contributed by atoms with Gasteiger partial charge in [-0.05, 0) is 39.0 Å². The van der Waals surface area contributed by atoms with Gasteiger partial charge in [0, 0.05) is 26.2 Å². The second-order valence-electron chi connectivity index (χ2n) is 5.21. The van der Waals surface area contributed by atoms with Crippen LogP contribution in [0.25, 0.3) is 0 Å². The second-order valence-corrected chi connectivity index (χ2v) is 5.21. The van der Waals surface area contributed by atoms with Gasteiger partial charge in [0.15, 0.2) is 0 Å². The molecule has 0 aromatic rings. The molecule has 0 unspecified atom stereocenters. The zero-order chi connectivity index (χ0) is 13.6. The first-order valence-corrected chi connectivity index (χ1v) is 7.41. The highest BCUT2D eigenvalue weighted by Gasteiger charge is 2.36. The molecule has 0 saturated carbocycles. The van der Waals surface area contributed by atoms with Crippen molar-refractivity contribution < 1.29 is 4.79 Å². The van der Waals surface area contributed by atoms with Crippen LogP contribution < -0.4 is 5.73 Å². The van der Waals surface area contributed by atoms with E-state index in [0.717, 1.165) is 45.3 Å². The van der Waals surface area contributed by atoms with E-state index in [1.165, 1.54) is 6.42 Å². The molecule has 0 bridgehead atoms. The summed E-state index contributed by atoms with van der Waals surface area (Å²) in [5, 5.41) is 0. The maximum Gasteiger partial charge on any atom is 0.320 e. The molecule has 1 saturated heterocycles. The van der Waals surface area contributed by atoms with Gasteiger partial charge < -0.3 is 15.5 Å². The molecule has 18 heavy (non-hydrogen) atoms. The van der Waals surface area contributed by atoms with Crippen molar-refractivity contribution in [1.29, 1.82) is 0 Å². The summed E-state index contributed by atoms with van der Waals surface area (Å²) in [5.41, 5.74) is 5.80. The summed E-state index contributed by atoms with van der Waals surface area (Å²) in [7, 11) is 0. The lowest BCUT2D eigenvalue weighted by atomic mass is 9.90. The summed E-state index contributed by atoms with van der Waals surface area (Å²) in [6, 6.07) is 0.186. The maximum atomic E-state index is 12.6. The van der Waals surface area contributed by atoms with Gasteiger partial charge in [0.2, 0.25) is 0 Å². The van der Waals surface area contributed by atoms with Crippen molar-refractivity contribution in [3.8, 4) is 0 Å². The van der Waals surface area contributed by atoms with Crippen LogP contribution in [-0.2, 0) is 0 Å². The summed E-state index contributed by atoms with van der Waals surface area (Å²) in [6.45, 7) is 9.41. The van der Waals surface area contributed by atoms with E-state index in [1.54, 1.807) is 0 Å². The Hall–Kier alpha value is -0.770. The molecule has 0 atom stereocenters. The van der Waals surface area contributed by atoms with E-state index < -0.39 is 0 Å². The first-order valence-electron chi connectivity index (χ1n) is 7.41. The van der Waals surface area contributed by atoms with Gasteiger partial charge >= 0.3 is 6.03 Å². The molecule has 1 heterocycles. The molecule has 1 aliphatic heterocycles. The largest absolute Gasteiger partial charge is 0.328 e. The van der Waals surface area contributed by atoms with Crippen molar-refractivity contribution in [3.63, 3.8) is 0 Å². The molecule has 2 amide bonds. The quantitative estimate of drug-likeness (QED) is 0.820. The zero-order valence-electron chi connectivity index (χ0n) is 12.2. The fraction of sp³-hybridized carbons (Fsp3) is 0.929. The zero-order valence-corrected chi connectivity index (χ0v) is 12.2. The molecule has 0 aliphatic carbocycles. The highest BCUT2D eigenvalue weighted by molar-refractivity contribution is 5.75. The number of hydrogen-bond acceptors (Lipinski definition) is 2. The van der Waals surface area contributed by atoms with Crippen LogP contribution in [0.5, 0.6) is 0 Å². The summed E-state index contributed by atoms with van der Waals surface area (Å²) in [4.78, 5) is 16.6. The number of hydrogen-bond donors (Lipinski definition) is 1. The monoisotopic (exact) mass is 255 g/mol. The van der Waals surface area contributed by atoms with Crippen molar-refractivity contribution in [1.82, 2.24) is 9.80 Å². The van der Waals surface area contributed by atoms with Gasteiger partial charge in [-0.15, -0.1) is 0 Å². The van der Waals surface area contributed by atoms with Crippen LogP contribution in [0.2, 0.25) is 0 Å². The summed E-state index contributed by atoms with van der Waals surface area (Å²) in [6.07, 6.45) is 5.37. The molecular formula is C14H29N3O. The fourth-order valence-corrected chi connectivity index (χ4v) is 2.96. The van der Waals surface area contributed by atoms with Crippen molar-refractivity contribution in [2.24, 2.45) is 5.73 Å². The van der Waals surface area contributed by atoms with Crippen LogP contribution >= 0.6 is 0 Å². The van der Waals surface area contributed by atoms with Crippen molar-refractivity contribution in [2.45, 2.75) is 58.4 Å². The normalized spacial score (nSPS) is 16.8. The Morgan fingerprint density at radius 1 is 1.17 bits per heavy atom. The number of likely N-dealkylation sites (tertiary alicyclic amines) is 1. The molecule has 0 spiro atoms. The van der Waals surface area contributed by atoms with Crippen LogP contribution in [0.1, 0.15) is 52.9 Å². The number of carbonyl (C=O) groups excluding carboxylic acids is 1. The Balaban J connectivity index is 2.82. The van der Waals surface area contributed by atoms with Gasteiger partial charge in [0.1, 0.15) is 0 Å². The van der Waals surface area contributed by atoms with E-state index in [0.29, 0.717) is 6.54 Å². The molecule has 0 aromatic carbocycles. The Morgan fingerprint density at radius 3 is 2.11 bits per heavy atom. The van der Waals surface area contributed by atoms with E-state index in [-0.39, 0.29) is 11.6 Å². The third kappa shape index (κ3) is 2.97. The number of nitrogens with two attached hydrogens (primary N) is 1. The Morgan fingerprint density at radius 2 is 1.72 bits per heavy atom. The number of piperidine rings is 1.